The van der Waals surface area contributed by atoms with Gasteiger partial charge in [-0.3, -0.25) is 0 Å². The van der Waals surface area contributed by atoms with Crippen LogP contribution in [0.2, 0.25) is 0 Å². The SMILES string of the molecule is Cc1cnc(N)c2c(F)cccc12. The summed E-state index contributed by atoms with van der Waals surface area (Å²) in [5.74, 6) is -0.0649. The zero-order valence-corrected chi connectivity index (χ0v) is 7.21. The first kappa shape index (κ1) is 7.98. The predicted octanol–water partition coefficient (Wildman–Crippen LogP) is 2.26. The Hall–Kier alpha value is -1.64. The molecule has 1 heterocycles. The number of halogens is 1. The molecule has 0 saturated carbocycles. The number of benzene rings is 1. The summed E-state index contributed by atoms with van der Waals surface area (Å²) in [7, 11) is 0. The fourth-order valence-corrected chi connectivity index (χ4v) is 1.41. The molecular weight excluding hydrogens is 167 g/mol. The Labute approximate surface area is 75.2 Å². The molecule has 0 saturated heterocycles. The number of hydrogen-bond donors (Lipinski definition) is 1. The molecule has 1 aromatic carbocycles. The number of rotatable bonds is 0. The number of anilines is 1. The smallest absolute Gasteiger partial charge is 0.134 e. The van der Waals surface area contributed by atoms with Crippen LogP contribution >= 0.6 is 0 Å². The maximum atomic E-state index is 13.3. The van der Waals surface area contributed by atoms with Gasteiger partial charge in [-0.2, -0.15) is 0 Å². The molecule has 0 amide bonds. The summed E-state index contributed by atoms with van der Waals surface area (Å²) in [5, 5.41) is 1.25. The molecule has 0 aliphatic carbocycles. The van der Waals surface area contributed by atoms with Crippen molar-refractivity contribution in [3.05, 3.63) is 35.8 Å². The Kier molecular flexibility index (Phi) is 1.65. The van der Waals surface area contributed by atoms with Gasteiger partial charge in [0.05, 0.1) is 5.39 Å². The molecule has 3 heteroatoms. The molecule has 0 unspecified atom stereocenters. The Morgan fingerprint density at radius 1 is 1.38 bits per heavy atom. The van der Waals surface area contributed by atoms with Gasteiger partial charge in [-0.25, -0.2) is 9.37 Å². The molecule has 1 aromatic heterocycles. The van der Waals surface area contributed by atoms with Gasteiger partial charge in [0.15, 0.2) is 0 Å². The van der Waals surface area contributed by atoms with Crippen molar-refractivity contribution in [1.29, 1.82) is 0 Å². The molecule has 0 aliphatic rings. The van der Waals surface area contributed by atoms with Crippen LogP contribution in [0.1, 0.15) is 5.56 Å². The van der Waals surface area contributed by atoms with E-state index in [-0.39, 0.29) is 11.6 Å². The minimum absolute atomic E-state index is 0.249. The van der Waals surface area contributed by atoms with Crippen LogP contribution in [0.25, 0.3) is 10.8 Å². The summed E-state index contributed by atoms with van der Waals surface area (Å²) >= 11 is 0. The maximum Gasteiger partial charge on any atom is 0.134 e. The Morgan fingerprint density at radius 3 is 2.85 bits per heavy atom. The summed E-state index contributed by atoms with van der Waals surface area (Å²) in [6.07, 6.45) is 1.65. The van der Waals surface area contributed by atoms with Crippen LogP contribution in [-0.2, 0) is 0 Å². The van der Waals surface area contributed by atoms with E-state index in [1.807, 2.05) is 13.0 Å². The fourth-order valence-electron chi connectivity index (χ4n) is 1.41. The summed E-state index contributed by atoms with van der Waals surface area (Å²) in [6, 6.07) is 4.90. The van der Waals surface area contributed by atoms with Crippen LogP contribution in [0, 0.1) is 12.7 Å². The second-order valence-electron chi connectivity index (χ2n) is 2.99. The third-order valence-electron chi connectivity index (χ3n) is 2.09. The summed E-state index contributed by atoms with van der Waals surface area (Å²) < 4.78 is 13.3. The fraction of sp³-hybridized carbons (Fsp3) is 0.100. The van der Waals surface area contributed by atoms with Crippen LogP contribution in [0.3, 0.4) is 0 Å². The standard InChI is InChI=1S/C10H9FN2/c1-6-5-13-10(12)9-7(6)3-2-4-8(9)11/h2-5H,1H3,(H2,12,13). The van der Waals surface area contributed by atoms with E-state index in [2.05, 4.69) is 4.98 Å². The van der Waals surface area contributed by atoms with Gasteiger partial charge in [-0.05, 0) is 23.9 Å². The maximum absolute atomic E-state index is 13.3. The van der Waals surface area contributed by atoms with E-state index in [1.165, 1.54) is 6.07 Å². The third kappa shape index (κ3) is 1.13. The molecule has 2 N–H and O–H groups in total. The van der Waals surface area contributed by atoms with Gasteiger partial charge in [0.25, 0.3) is 0 Å². The molecule has 0 atom stereocenters. The normalized spacial score (nSPS) is 10.6. The van der Waals surface area contributed by atoms with Gasteiger partial charge in [0.1, 0.15) is 11.6 Å². The molecule has 66 valence electrons. The van der Waals surface area contributed by atoms with E-state index in [9.17, 15) is 4.39 Å². The van der Waals surface area contributed by atoms with Crippen molar-refractivity contribution in [2.75, 3.05) is 5.73 Å². The van der Waals surface area contributed by atoms with Crippen LogP contribution in [0.4, 0.5) is 10.2 Å². The second-order valence-corrected chi connectivity index (χ2v) is 2.99. The van der Waals surface area contributed by atoms with E-state index in [0.717, 1.165) is 10.9 Å². The number of fused-ring (bicyclic) bond motifs is 1. The monoisotopic (exact) mass is 176 g/mol. The van der Waals surface area contributed by atoms with E-state index in [4.69, 9.17) is 5.73 Å². The van der Waals surface area contributed by atoms with Crippen molar-refractivity contribution in [2.24, 2.45) is 0 Å². The summed E-state index contributed by atoms with van der Waals surface area (Å²) in [6.45, 7) is 1.88. The van der Waals surface area contributed by atoms with E-state index in [0.29, 0.717) is 5.39 Å². The van der Waals surface area contributed by atoms with E-state index < -0.39 is 0 Å². The number of hydrogen-bond acceptors (Lipinski definition) is 2. The number of pyridine rings is 1. The lowest BCUT2D eigenvalue weighted by Gasteiger charge is -2.04. The largest absolute Gasteiger partial charge is 0.383 e. The molecule has 2 nitrogen and oxygen atoms in total. The Morgan fingerprint density at radius 2 is 2.15 bits per heavy atom. The molecule has 0 radical (unpaired) electrons. The second kappa shape index (κ2) is 2.69. The lowest BCUT2D eigenvalue weighted by Crippen LogP contribution is -1.94. The number of aromatic nitrogens is 1. The van der Waals surface area contributed by atoms with Gasteiger partial charge >= 0.3 is 0 Å². The van der Waals surface area contributed by atoms with Gasteiger partial charge in [0.2, 0.25) is 0 Å². The third-order valence-corrected chi connectivity index (χ3v) is 2.09. The molecule has 2 aromatic rings. The van der Waals surface area contributed by atoms with Crippen molar-refractivity contribution < 1.29 is 4.39 Å². The minimum Gasteiger partial charge on any atom is -0.383 e. The highest BCUT2D eigenvalue weighted by Gasteiger charge is 2.06. The van der Waals surface area contributed by atoms with Gasteiger partial charge < -0.3 is 5.73 Å². The quantitative estimate of drug-likeness (QED) is 0.668. The molecule has 0 bridgehead atoms. The first-order valence-electron chi connectivity index (χ1n) is 3.99. The molecular formula is C10H9FN2. The van der Waals surface area contributed by atoms with Crippen molar-refractivity contribution in [3.63, 3.8) is 0 Å². The number of aryl methyl sites for hydroxylation is 1. The molecule has 2 rings (SSSR count). The first-order valence-corrected chi connectivity index (χ1v) is 3.99. The Balaban J connectivity index is 3.00. The van der Waals surface area contributed by atoms with E-state index in [1.54, 1.807) is 12.3 Å². The van der Waals surface area contributed by atoms with Gasteiger partial charge in [-0.1, -0.05) is 12.1 Å². The predicted molar refractivity (Wildman–Crippen MR) is 50.9 cm³/mol. The van der Waals surface area contributed by atoms with Crippen molar-refractivity contribution in [2.45, 2.75) is 6.92 Å². The molecule has 0 fully saturated rings. The van der Waals surface area contributed by atoms with E-state index >= 15 is 0 Å². The van der Waals surface area contributed by atoms with Gasteiger partial charge in [0, 0.05) is 6.20 Å². The van der Waals surface area contributed by atoms with Gasteiger partial charge in [-0.15, -0.1) is 0 Å². The average molecular weight is 176 g/mol. The van der Waals surface area contributed by atoms with Crippen LogP contribution < -0.4 is 5.73 Å². The van der Waals surface area contributed by atoms with Crippen LogP contribution in [-0.4, -0.2) is 4.98 Å². The lowest BCUT2D eigenvalue weighted by atomic mass is 10.1. The number of nitrogens with zero attached hydrogens (tertiary/aromatic N) is 1. The van der Waals surface area contributed by atoms with Crippen molar-refractivity contribution >= 4 is 16.6 Å². The van der Waals surface area contributed by atoms with Crippen LogP contribution in [0.5, 0.6) is 0 Å². The minimum atomic E-state index is -0.314. The average Bonchev–Trinajstić information content (AvgIpc) is 2.12. The molecule has 0 aliphatic heterocycles. The van der Waals surface area contributed by atoms with Crippen LogP contribution in [0.15, 0.2) is 24.4 Å². The Bertz CT molecular complexity index is 457. The highest BCUT2D eigenvalue weighted by atomic mass is 19.1. The zero-order valence-electron chi connectivity index (χ0n) is 7.21. The zero-order chi connectivity index (χ0) is 9.42. The summed E-state index contributed by atoms with van der Waals surface area (Å²) in [4.78, 5) is 3.91. The molecule has 0 spiro atoms. The first-order chi connectivity index (χ1) is 6.20. The van der Waals surface area contributed by atoms with Crippen molar-refractivity contribution in [3.8, 4) is 0 Å². The number of nitrogen functional groups attached to an aromatic ring is 1. The topological polar surface area (TPSA) is 38.9 Å². The number of nitrogens with two attached hydrogens (primary N) is 1. The lowest BCUT2D eigenvalue weighted by molar-refractivity contribution is 0.640. The summed E-state index contributed by atoms with van der Waals surface area (Å²) in [5.41, 5.74) is 6.51. The highest BCUT2D eigenvalue weighted by molar-refractivity contribution is 5.93. The molecule has 13 heavy (non-hydrogen) atoms. The van der Waals surface area contributed by atoms with Crippen molar-refractivity contribution in [1.82, 2.24) is 4.98 Å². The highest BCUT2D eigenvalue weighted by Crippen LogP contribution is 2.24.